The number of rotatable bonds is 12. The molecule has 0 bridgehead atoms. The van der Waals surface area contributed by atoms with E-state index in [0.717, 1.165) is 0 Å². The standard InChI is InChI=1S/C15H25F2NO6P2/c1-5-21-25(19,22-6-2)14(16)12-10-9-11-13(18-12)15(17)26(20,23-7-3)24-8-4/h9-11,14-15H,5-8H2,1-4H3. The lowest BCUT2D eigenvalue weighted by Gasteiger charge is -2.22. The van der Waals surface area contributed by atoms with E-state index >= 15 is 0 Å². The number of pyridine rings is 1. The van der Waals surface area contributed by atoms with Crippen molar-refractivity contribution >= 4 is 15.2 Å². The van der Waals surface area contributed by atoms with Gasteiger partial charge in [-0.2, -0.15) is 0 Å². The molecule has 11 heteroatoms. The zero-order valence-electron chi connectivity index (χ0n) is 15.3. The van der Waals surface area contributed by atoms with Crippen LogP contribution >= 0.6 is 15.2 Å². The summed E-state index contributed by atoms with van der Waals surface area (Å²) in [5, 5.41) is 0. The summed E-state index contributed by atoms with van der Waals surface area (Å²) >= 11 is 0. The summed E-state index contributed by atoms with van der Waals surface area (Å²) in [4.78, 5) is 3.82. The van der Waals surface area contributed by atoms with E-state index in [4.69, 9.17) is 18.1 Å². The molecule has 150 valence electrons. The fourth-order valence-corrected chi connectivity index (χ4v) is 5.16. The lowest BCUT2D eigenvalue weighted by Crippen LogP contribution is -2.08. The smallest absolute Gasteiger partial charge is 0.307 e. The first kappa shape index (κ1) is 23.3. The molecule has 0 saturated heterocycles. The van der Waals surface area contributed by atoms with E-state index in [1.165, 1.54) is 18.2 Å². The molecule has 7 nitrogen and oxygen atoms in total. The van der Waals surface area contributed by atoms with Gasteiger partial charge in [-0.15, -0.1) is 0 Å². The molecule has 2 unspecified atom stereocenters. The number of aromatic nitrogens is 1. The van der Waals surface area contributed by atoms with Crippen molar-refractivity contribution in [3.8, 4) is 0 Å². The highest BCUT2D eigenvalue weighted by Crippen LogP contribution is 2.63. The second-order valence-electron chi connectivity index (χ2n) is 4.91. The van der Waals surface area contributed by atoms with Crippen LogP contribution in [0, 0.1) is 0 Å². The summed E-state index contributed by atoms with van der Waals surface area (Å²) in [6, 6.07) is 3.75. The maximum atomic E-state index is 14.8. The van der Waals surface area contributed by atoms with Crippen molar-refractivity contribution in [3.05, 3.63) is 29.6 Å². The molecule has 0 saturated carbocycles. The molecule has 1 heterocycles. The Morgan fingerprint density at radius 2 is 1.12 bits per heavy atom. The van der Waals surface area contributed by atoms with Gasteiger partial charge in [0, 0.05) is 0 Å². The van der Waals surface area contributed by atoms with Gasteiger partial charge in [0.2, 0.25) is 11.8 Å². The van der Waals surface area contributed by atoms with Gasteiger partial charge in [-0.05, 0) is 39.8 Å². The Kier molecular flexibility index (Phi) is 9.51. The molecular weight excluding hydrogens is 390 g/mol. The monoisotopic (exact) mass is 415 g/mol. The molecule has 0 radical (unpaired) electrons. The van der Waals surface area contributed by atoms with Crippen molar-refractivity contribution in [3.63, 3.8) is 0 Å². The molecule has 2 atom stereocenters. The summed E-state index contributed by atoms with van der Waals surface area (Å²) in [7, 11) is -8.26. The highest BCUT2D eigenvalue weighted by molar-refractivity contribution is 7.54. The average molecular weight is 415 g/mol. The molecule has 26 heavy (non-hydrogen) atoms. The number of hydrogen-bond acceptors (Lipinski definition) is 7. The number of alkyl halides is 2. The summed E-state index contributed by atoms with van der Waals surface area (Å²) in [6.45, 7) is 6.03. The van der Waals surface area contributed by atoms with Gasteiger partial charge >= 0.3 is 15.2 Å². The van der Waals surface area contributed by atoms with Gasteiger partial charge in [0.1, 0.15) is 0 Å². The molecule has 0 aliphatic rings. The minimum Gasteiger partial charge on any atom is -0.307 e. The van der Waals surface area contributed by atoms with Crippen LogP contribution < -0.4 is 0 Å². The van der Waals surface area contributed by atoms with Crippen LogP contribution in [0.5, 0.6) is 0 Å². The quantitative estimate of drug-likeness (QED) is 0.414. The lowest BCUT2D eigenvalue weighted by atomic mass is 10.3. The van der Waals surface area contributed by atoms with E-state index in [-0.39, 0.29) is 37.8 Å². The third-order valence-corrected chi connectivity index (χ3v) is 7.18. The predicted octanol–water partition coefficient (Wildman–Crippen LogP) is 5.55. The lowest BCUT2D eigenvalue weighted by molar-refractivity contribution is 0.187. The number of halogens is 2. The zero-order chi connectivity index (χ0) is 19.8. The molecule has 0 aliphatic carbocycles. The third kappa shape index (κ3) is 5.65. The molecule has 0 aromatic carbocycles. The van der Waals surface area contributed by atoms with Crippen LogP contribution in [-0.4, -0.2) is 31.4 Å². The molecule has 0 amide bonds. The topological polar surface area (TPSA) is 84.0 Å². The van der Waals surface area contributed by atoms with Gasteiger partial charge in [0.15, 0.2) is 0 Å². The van der Waals surface area contributed by atoms with Gasteiger partial charge in [-0.3, -0.25) is 14.1 Å². The summed E-state index contributed by atoms with van der Waals surface area (Å²) < 4.78 is 74.4. The SMILES string of the molecule is CCOP(=O)(OCC)C(F)c1cccc(C(F)P(=O)(OCC)OCC)n1. The molecule has 0 aliphatic heterocycles. The second-order valence-corrected chi connectivity index (χ2v) is 9.01. The Bertz CT molecular complexity index is 592. The van der Waals surface area contributed by atoms with E-state index in [0.29, 0.717) is 0 Å². The van der Waals surface area contributed by atoms with Gasteiger partial charge in [0.05, 0.1) is 37.8 Å². The van der Waals surface area contributed by atoms with Crippen LogP contribution in [0.1, 0.15) is 50.9 Å². The number of hydrogen-bond donors (Lipinski definition) is 0. The second kappa shape index (κ2) is 10.6. The van der Waals surface area contributed by atoms with Crippen LogP contribution in [-0.2, 0) is 27.2 Å². The van der Waals surface area contributed by atoms with Crippen molar-refractivity contribution in [2.45, 2.75) is 39.5 Å². The van der Waals surface area contributed by atoms with E-state index < -0.39 is 27.0 Å². The first-order valence-electron chi connectivity index (χ1n) is 8.30. The van der Waals surface area contributed by atoms with Crippen molar-refractivity contribution < 1.29 is 36.0 Å². The van der Waals surface area contributed by atoms with Crippen LogP contribution in [0.2, 0.25) is 0 Å². The number of nitrogens with zero attached hydrogens (tertiary/aromatic N) is 1. The summed E-state index contributed by atoms with van der Waals surface area (Å²) in [6.07, 6.45) is 0. The van der Waals surface area contributed by atoms with E-state index in [2.05, 4.69) is 4.98 Å². The highest BCUT2D eigenvalue weighted by Gasteiger charge is 2.41. The molecule has 1 aromatic heterocycles. The predicted molar refractivity (Wildman–Crippen MR) is 93.7 cm³/mol. The Hall–Kier alpha value is -0.690. The summed E-state index contributed by atoms with van der Waals surface area (Å²) in [5.41, 5.74) is -0.704. The first-order chi connectivity index (χ1) is 12.3. The molecule has 1 aromatic rings. The van der Waals surface area contributed by atoms with Crippen LogP contribution in [0.15, 0.2) is 18.2 Å². The normalized spacial score (nSPS) is 15.0. The van der Waals surface area contributed by atoms with Gasteiger partial charge in [-0.1, -0.05) is 6.07 Å². The Labute approximate surface area is 152 Å². The molecular formula is C15H25F2NO6P2. The Morgan fingerprint density at radius 1 is 0.808 bits per heavy atom. The molecule has 1 rings (SSSR count). The zero-order valence-corrected chi connectivity index (χ0v) is 17.1. The molecule has 0 N–H and O–H groups in total. The van der Waals surface area contributed by atoms with Gasteiger partial charge in [-0.25, -0.2) is 8.78 Å². The summed E-state index contributed by atoms with van der Waals surface area (Å²) in [5.74, 6) is -4.43. The van der Waals surface area contributed by atoms with Crippen molar-refractivity contribution in [2.24, 2.45) is 0 Å². The van der Waals surface area contributed by atoms with E-state index in [9.17, 15) is 17.9 Å². The average Bonchev–Trinajstić information content (AvgIpc) is 2.61. The maximum absolute atomic E-state index is 14.8. The molecule has 0 fully saturated rings. The van der Waals surface area contributed by atoms with Crippen molar-refractivity contribution in [1.82, 2.24) is 4.98 Å². The maximum Gasteiger partial charge on any atom is 0.370 e. The largest absolute Gasteiger partial charge is 0.370 e. The van der Waals surface area contributed by atoms with Crippen molar-refractivity contribution in [2.75, 3.05) is 26.4 Å². The van der Waals surface area contributed by atoms with E-state index in [1.54, 1.807) is 27.7 Å². The van der Waals surface area contributed by atoms with Gasteiger partial charge < -0.3 is 18.1 Å². The minimum absolute atomic E-state index is 0.0347. The first-order valence-corrected chi connectivity index (χ1v) is 11.5. The minimum atomic E-state index is -4.13. The Morgan fingerprint density at radius 3 is 1.38 bits per heavy atom. The Balaban J connectivity index is 3.20. The van der Waals surface area contributed by atoms with Crippen LogP contribution in [0.3, 0.4) is 0 Å². The fourth-order valence-electron chi connectivity index (χ4n) is 2.11. The van der Waals surface area contributed by atoms with Crippen LogP contribution in [0.25, 0.3) is 0 Å². The fraction of sp³-hybridized carbons (Fsp3) is 0.667. The molecule has 0 spiro atoms. The van der Waals surface area contributed by atoms with Crippen molar-refractivity contribution in [1.29, 1.82) is 0 Å². The van der Waals surface area contributed by atoms with Crippen LogP contribution in [0.4, 0.5) is 8.78 Å². The third-order valence-electron chi connectivity index (χ3n) is 3.07. The van der Waals surface area contributed by atoms with E-state index in [1.807, 2.05) is 0 Å². The highest BCUT2D eigenvalue weighted by atomic mass is 31.2. The van der Waals surface area contributed by atoms with Gasteiger partial charge in [0.25, 0.3) is 0 Å².